The second kappa shape index (κ2) is 10.3. The fraction of sp³-hybridized carbons (Fsp3) is 0.393. The van der Waals surface area contributed by atoms with Gasteiger partial charge < -0.3 is 19.5 Å². The normalized spacial score (nSPS) is 20.8. The number of aromatic nitrogens is 3. The number of phenolic OH excluding ortho intramolecular Hbond substituents is 1. The van der Waals surface area contributed by atoms with Crippen LogP contribution in [-0.2, 0) is 4.74 Å². The molecule has 0 radical (unpaired) electrons. The number of halogens is 2. The topological polar surface area (TPSA) is 83.8 Å². The minimum absolute atomic E-state index is 0.0174. The van der Waals surface area contributed by atoms with Crippen molar-refractivity contribution in [3.05, 3.63) is 48.4 Å². The summed E-state index contributed by atoms with van der Waals surface area (Å²) in [5, 5.41) is 12.3. The zero-order valence-electron chi connectivity index (χ0n) is 21.1. The van der Waals surface area contributed by atoms with Crippen molar-refractivity contribution in [1.82, 2.24) is 19.9 Å². The Morgan fingerprint density at radius 3 is 2.84 bits per heavy atom. The predicted octanol–water partition coefficient (Wildman–Crippen LogP) is 4.34. The van der Waals surface area contributed by atoms with Crippen LogP contribution in [0.3, 0.4) is 0 Å². The van der Waals surface area contributed by atoms with Crippen LogP contribution in [0.2, 0.25) is 0 Å². The standard InChI is InChI=1S/C28H29F2N5O3/c1-34-15-18(29)12-19(34)16-38-28-32-26-23(27(33-28)35-7-4-9-37-10-8-35)14-31-25(24(26)30)22-13-20(36)11-17-5-2-3-6-21(17)22/h2-3,5-6,11,13-14,18-19,36H,4,7-10,12,15-16H2,1H3/t18-,19+/m1/s1. The number of phenols is 1. The molecule has 198 valence electrons. The van der Waals surface area contributed by atoms with Gasteiger partial charge in [0.05, 0.1) is 12.0 Å². The van der Waals surface area contributed by atoms with Crippen LogP contribution in [0.15, 0.2) is 42.6 Å². The third-order valence-electron chi connectivity index (χ3n) is 7.31. The van der Waals surface area contributed by atoms with E-state index in [2.05, 4.69) is 15.0 Å². The summed E-state index contributed by atoms with van der Waals surface area (Å²) >= 11 is 0. The Kier molecular flexibility index (Phi) is 6.67. The van der Waals surface area contributed by atoms with Gasteiger partial charge in [0.1, 0.15) is 35.6 Å². The second-order valence-electron chi connectivity index (χ2n) is 9.92. The van der Waals surface area contributed by atoms with E-state index in [0.717, 1.165) is 17.2 Å². The smallest absolute Gasteiger partial charge is 0.319 e. The maximum absolute atomic E-state index is 16.3. The Bertz CT molecular complexity index is 1480. The number of rotatable bonds is 5. The van der Waals surface area contributed by atoms with Crippen molar-refractivity contribution in [2.75, 3.05) is 51.4 Å². The number of likely N-dealkylation sites (N-methyl/N-ethyl adjacent to an activating group) is 1. The lowest BCUT2D eigenvalue weighted by atomic mass is 10.0. The van der Waals surface area contributed by atoms with Gasteiger partial charge in [0.25, 0.3) is 0 Å². The van der Waals surface area contributed by atoms with Crippen molar-refractivity contribution in [3.63, 3.8) is 0 Å². The first-order valence-electron chi connectivity index (χ1n) is 12.9. The number of fused-ring (bicyclic) bond motifs is 2. The lowest BCUT2D eigenvalue weighted by molar-refractivity contribution is 0.152. The molecule has 0 amide bonds. The molecule has 0 bridgehead atoms. The first kappa shape index (κ1) is 24.7. The summed E-state index contributed by atoms with van der Waals surface area (Å²) in [6.07, 6.45) is 1.85. The number of hydrogen-bond acceptors (Lipinski definition) is 8. The maximum atomic E-state index is 16.3. The molecule has 2 fully saturated rings. The summed E-state index contributed by atoms with van der Waals surface area (Å²) in [6.45, 7) is 2.98. The molecule has 2 aromatic heterocycles. The summed E-state index contributed by atoms with van der Waals surface area (Å²) in [4.78, 5) is 17.6. The average Bonchev–Trinajstić information content (AvgIpc) is 3.08. The number of aromatic hydroxyl groups is 1. The Balaban J connectivity index is 1.47. The lowest BCUT2D eigenvalue weighted by Gasteiger charge is -2.23. The molecule has 10 heteroatoms. The molecule has 2 aliphatic rings. The molecular weight excluding hydrogens is 492 g/mol. The van der Waals surface area contributed by atoms with Crippen molar-refractivity contribution in [3.8, 4) is 23.0 Å². The van der Waals surface area contributed by atoms with Gasteiger partial charge in [-0.15, -0.1) is 0 Å². The van der Waals surface area contributed by atoms with Gasteiger partial charge in [-0.1, -0.05) is 24.3 Å². The number of nitrogens with zero attached hydrogens (tertiary/aromatic N) is 5. The highest BCUT2D eigenvalue weighted by molar-refractivity contribution is 5.99. The van der Waals surface area contributed by atoms with E-state index in [1.807, 2.05) is 41.1 Å². The van der Waals surface area contributed by atoms with Crippen LogP contribution >= 0.6 is 0 Å². The number of benzene rings is 2. The second-order valence-corrected chi connectivity index (χ2v) is 9.92. The molecule has 0 spiro atoms. The van der Waals surface area contributed by atoms with Crippen molar-refractivity contribution in [2.24, 2.45) is 0 Å². The third kappa shape index (κ3) is 4.69. The minimum atomic E-state index is -0.901. The van der Waals surface area contributed by atoms with Gasteiger partial charge in [0, 0.05) is 44.0 Å². The number of pyridine rings is 1. The number of ether oxygens (including phenoxy) is 2. The van der Waals surface area contributed by atoms with E-state index in [0.29, 0.717) is 56.0 Å². The van der Waals surface area contributed by atoms with Gasteiger partial charge >= 0.3 is 6.01 Å². The maximum Gasteiger partial charge on any atom is 0.319 e. The van der Waals surface area contributed by atoms with Gasteiger partial charge in [0.2, 0.25) is 0 Å². The monoisotopic (exact) mass is 521 g/mol. The largest absolute Gasteiger partial charge is 0.508 e. The highest BCUT2D eigenvalue weighted by Crippen LogP contribution is 2.37. The first-order chi connectivity index (χ1) is 18.5. The predicted molar refractivity (Wildman–Crippen MR) is 141 cm³/mol. The summed E-state index contributed by atoms with van der Waals surface area (Å²) in [5.74, 6) is -0.0826. The van der Waals surface area contributed by atoms with E-state index in [-0.39, 0.29) is 35.6 Å². The van der Waals surface area contributed by atoms with Gasteiger partial charge in [-0.05, 0) is 42.8 Å². The van der Waals surface area contributed by atoms with Crippen molar-refractivity contribution in [1.29, 1.82) is 0 Å². The quantitative estimate of drug-likeness (QED) is 0.415. The summed E-state index contributed by atoms with van der Waals surface area (Å²) in [5.41, 5.74) is 0.623. The lowest BCUT2D eigenvalue weighted by Crippen LogP contribution is -2.31. The summed E-state index contributed by atoms with van der Waals surface area (Å²) in [6, 6.07) is 10.5. The molecule has 0 aliphatic carbocycles. The van der Waals surface area contributed by atoms with E-state index in [4.69, 9.17) is 9.47 Å². The zero-order valence-corrected chi connectivity index (χ0v) is 21.1. The molecule has 0 saturated carbocycles. The molecule has 6 rings (SSSR count). The van der Waals surface area contributed by atoms with Crippen LogP contribution in [0, 0.1) is 5.82 Å². The van der Waals surface area contributed by atoms with E-state index in [1.54, 1.807) is 12.3 Å². The van der Waals surface area contributed by atoms with Gasteiger partial charge in [-0.25, -0.2) is 8.78 Å². The third-order valence-corrected chi connectivity index (χ3v) is 7.31. The molecule has 4 aromatic rings. The Morgan fingerprint density at radius 1 is 1.13 bits per heavy atom. The van der Waals surface area contributed by atoms with E-state index in [1.165, 1.54) is 6.07 Å². The highest BCUT2D eigenvalue weighted by atomic mass is 19.1. The minimum Gasteiger partial charge on any atom is -0.508 e. The number of hydrogen-bond donors (Lipinski definition) is 1. The summed E-state index contributed by atoms with van der Waals surface area (Å²) < 4.78 is 41.7. The van der Waals surface area contributed by atoms with Crippen molar-refractivity contribution in [2.45, 2.75) is 25.1 Å². The summed E-state index contributed by atoms with van der Waals surface area (Å²) in [7, 11) is 1.86. The number of likely N-dealkylation sites (tertiary alicyclic amines) is 1. The highest BCUT2D eigenvalue weighted by Gasteiger charge is 2.30. The molecule has 2 saturated heterocycles. The van der Waals surface area contributed by atoms with Crippen LogP contribution in [-0.4, -0.2) is 83.7 Å². The fourth-order valence-electron chi connectivity index (χ4n) is 5.34. The average molecular weight is 522 g/mol. The van der Waals surface area contributed by atoms with Crippen LogP contribution in [0.5, 0.6) is 11.8 Å². The van der Waals surface area contributed by atoms with Gasteiger partial charge in [-0.2, -0.15) is 9.97 Å². The molecule has 1 N–H and O–H groups in total. The Labute approximate surface area is 218 Å². The Morgan fingerprint density at radius 2 is 2.00 bits per heavy atom. The first-order valence-corrected chi connectivity index (χ1v) is 12.9. The number of alkyl halides is 1. The SMILES string of the molecule is CN1C[C@H](F)C[C@H]1COc1nc(N2CCCOCC2)c2cnc(-c3cc(O)cc4ccccc34)c(F)c2n1. The van der Waals surface area contributed by atoms with E-state index >= 15 is 4.39 Å². The van der Waals surface area contributed by atoms with Crippen LogP contribution < -0.4 is 9.64 Å². The van der Waals surface area contributed by atoms with Gasteiger partial charge in [-0.3, -0.25) is 9.88 Å². The fourth-order valence-corrected chi connectivity index (χ4v) is 5.34. The number of anilines is 1. The van der Waals surface area contributed by atoms with Crippen molar-refractivity contribution < 1.29 is 23.4 Å². The molecule has 2 aliphatic heterocycles. The molecule has 2 aromatic carbocycles. The zero-order chi connectivity index (χ0) is 26.2. The molecule has 8 nitrogen and oxygen atoms in total. The molecular formula is C28H29F2N5O3. The van der Waals surface area contributed by atoms with Crippen LogP contribution in [0.25, 0.3) is 32.9 Å². The van der Waals surface area contributed by atoms with Crippen molar-refractivity contribution >= 4 is 27.5 Å². The molecule has 38 heavy (non-hydrogen) atoms. The van der Waals surface area contributed by atoms with Crippen LogP contribution in [0.4, 0.5) is 14.6 Å². The molecule has 2 atom stereocenters. The van der Waals surface area contributed by atoms with E-state index < -0.39 is 12.0 Å². The van der Waals surface area contributed by atoms with Gasteiger partial charge in [0.15, 0.2) is 5.82 Å². The molecule has 0 unspecified atom stereocenters. The molecule has 4 heterocycles. The Hall–Kier alpha value is -3.63. The van der Waals surface area contributed by atoms with Crippen LogP contribution in [0.1, 0.15) is 12.8 Å². The van der Waals surface area contributed by atoms with E-state index in [9.17, 15) is 9.50 Å².